The lowest BCUT2D eigenvalue weighted by atomic mass is 10.0. The van der Waals surface area contributed by atoms with Crippen molar-refractivity contribution in [3.8, 4) is 0 Å². The summed E-state index contributed by atoms with van der Waals surface area (Å²) in [6, 6.07) is 1.38. The number of amides is 1. The van der Waals surface area contributed by atoms with Gasteiger partial charge in [0.15, 0.2) is 0 Å². The Morgan fingerprint density at radius 3 is 2.42 bits per heavy atom. The number of rotatable bonds is 4. The number of piperidine rings is 1. The summed E-state index contributed by atoms with van der Waals surface area (Å²) in [4.78, 5) is 13.8. The highest BCUT2D eigenvalue weighted by atomic mass is 35.5. The van der Waals surface area contributed by atoms with Crippen molar-refractivity contribution in [3.05, 3.63) is 14.7 Å². The largest absolute Gasteiger partial charge is 0.368 e. The van der Waals surface area contributed by atoms with E-state index in [1.54, 1.807) is 0 Å². The molecule has 24 heavy (non-hydrogen) atoms. The van der Waals surface area contributed by atoms with Crippen molar-refractivity contribution in [2.24, 2.45) is 5.73 Å². The average molecular weight is 412 g/mol. The van der Waals surface area contributed by atoms with Gasteiger partial charge in [0, 0.05) is 19.1 Å². The Bertz CT molecular complexity index is 730. The molecule has 134 valence electrons. The number of hydrogen-bond donors (Lipinski definition) is 1. The molecule has 1 aromatic rings. The Morgan fingerprint density at radius 2 is 1.88 bits per heavy atom. The van der Waals surface area contributed by atoms with Crippen molar-refractivity contribution in [3.63, 3.8) is 0 Å². The molecule has 0 bridgehead atoms. The minimum absolute atomic E-state index is 0.0776. The van der Waals surface area contributed by atoms with E-state index in [9.17, 15) is 13.2 Å². The van der Waals surface area contributed by atoms with Gasteiger partial charge in [-0.1, -0.05) is 23.2 Å². The van der Waals surface area contributed by atoms with Crippen LogP contribution in [0.1, 0.15) is 25.7 Å². The van der Waals surface area contributed by atoms with E-state index in [-0.39, 0.29) is 27.2 Å². The lowest BCUT2D eigenvalue weighted by Gasteiger charge is -2.38. The van der Waals surface area contributed by atoms with E-state index in [1.807, 2.05) is 0 Å². The number of nitrogens with two attached hydrogens (primary N) is 1. The maximum absolute atomic E-state index is 12.7. The SMILES string of the molecule is NC(=O)C1CCCN1C1CCN(S(=O)(=O)c2cc(Cl)sc2Cl)CC1. The second-order valence-electron chi connectivity index (χ2n) is 6.12. The first-order valence-electron chi connectivity index (χ1n) is 7.80. The first kappa shape index (κ1) is 18.4. The molecule has 1 amide bonds. The van der Waals surface area contributed by atoms with Crippen molar-refractivity contribution >= 4 is 50.5 Å². The number of carbonyl (C=O) groups is 1. The first-order valence-corrected chi connectivity index (χ1v) is 10.8. The molecule has 2 aliphatic heterocycles. The van der Waals surface area contributed by atoms with Crippen molar-refractivity contribution in [1.29, 1.82) is 0 Å². The van der Waals surface area contributed by atoms with Crippen LogP contribution in [-0.2, 0) is 14.8 Å². The first-order chi connectivity index (χ1) is 11.3. The van der Waals surface area contributed by atoms with Gasteiger partial charge in [-0.05, 0) is 38.3 Å². The summed E-state index contributed by atoms with van der Waals surface area (Å²) >= 11 is 12.9. The fraction of sp³-hybridized carbons (Fsp3) is 0.643. The molecule has 3 heterocycles. The molecule has 2 N–H and O–H groups in total. The van der Waals surface area contributed by atoms with Crippen LogP contribution in [0.2, 0.25) is 8.67 Å². The van der Waals surface area contributed by atoms with E-state index < -0.39 is 10.0 Å². The Morgan fingerprint density at radius 1 is 1.21 bits per heavy atom. The van der Waals surface area contributed by atoms with Gasteiger partial charge < -0.3 is 5.73 Å². The van der Waals surface area contributed by atoms with Crippen LogP contribution >= 0.6 is 34.5 Å². The number of hydrogen-bond acceptors (Lipinski definition) is 5. The Labute approximate surface area is 155 Å². The summed E-state index contributed by atoms with van der Waals surface area (Å²) in [6.45, 7) is 1.65. The topological polar surface area (TPSA) is 83.7 Å². The van der Waals surface area contributed by atoms with E-state index in [2.05, 4.69) is 4.90 Å². The number of carbonyl (C=O) groups excluding carboxylic acids is 1. The minimum atomic E-state index is -3.63. The zero-order chi connectivity index (χ0) is 17.5. The van der Waals surface area contributed by atoms with Gasteiger partial charge in [0.2, 0.25) is 15.9 Å². The molecule has 0 aromatic carbocycles. The van der Waals surface area contributed by atoms with Crippen LogP contribution in [0.25, 0.3) is 0 Å². The van der Waals surface area contributed by atoms with Crippen molar-refractivity contribution in [2.75, 3.05) is 19.6 Å². The van der Waals surface area contributed by atoms with Gasteiger partial charge in [0.25, 0.3) is 0 Å². The zero-order valence-electron chi connectivity index (χ0n) is 13.0. The van der Waals surface area contributed by atoms with Crippen LogP contribution in [0, 0.1) is 0 Å². The molecule has 2 aliphatic rings. The van der Waals surface area contributed by atoms with E-state index in [0.29, 0.717) is 30.3 Å². The van der Waals surface area contributed by atoms with Gasteiger partial charge in [0.1, 0.15) is 9.23 Å². The monoisotopic (exact) mass is 411 g/mol. The number of thiophene rings is 1. The summed E-state index contributed by atoms with van der Waals surface area (Å²) in [5.74, 6) is -0.290. The quantitative estimate of drug-likeness (QED) is 0.822. The van der Waals surface area contributed by atoms with Gasteiger partial charge >= 0.3 is 0 Å². The van der Waals surface area contributed by atoms with E-state index in [0.717, 1.165) is 30.7 Å². The predicted octanol–water partition coefficient (Wildman–Crippen LogP) is 2.16. The molecule has 0 saturated carbocycles. The molecule has 0 aliphatic carbocycles. The highest BCUT2D eigenvalue weighted by molar-refractivity contribution is 7.89. The summed E-state index contributed by atoms with van der Waals surface area (Å²) in [5, 5.41) is 0. The molecular weight excluding hydrogens is 393 g/mol. The van der Waals surface area contributed by atoms with Gasteiger partial charge in [-0.15, -0.1) is 11.3 Å². The fourth-order valence-corrected chi connectivity index (χ4v) is 7.17. The molecule has 1 unspecified atom stereocenters. The normalized spacial score (nSPS) is 24.5. The molecule has 0 spiro atoms. The number of likely N-dealkylation sites (tertiary alicyclic amines) is 1. The highest BCUT2D eigenvalue weighted by Crippen LogP contribution is 2.37. The van der Waals surface area contributed by atoms with Crippen LogP contribution < -0.4 is 5.73 Å². The molecule has 10 heteroatoms. The highest BCUT2D eigenvalue weighted by Gasteiger charge is 2.38. The van der Waals surface area contributed by atoms with E-state index in [4.69, 9.17) is 28.9 Å². The van der Waals surface area contributed by atoms with Crippen LogP contribution in [0.4, 0.5) is 0 Å². The number of sulfonamides is 1. The maximum Gasteiger partial charge on any atom is 0.245 e. The van der Waals surface area contributed by atoms with Crippen LogP contribution in [0.3, 0.4) is 0 Å². The van der Waals surface area contributed by atoms with E-state index in [1.165, 1.54) is 10.4 Å². The molecule has 6 nitrogen and oxygen atoms in total. The third-order valence-electron chi connectivity index (χ3n) is 4.76. The fourth-order valence-electron chi connectivity index (χ4n) is 3.59. The third kappa shape index (κ3) is 3.45. The Balaban J connectivity index is 1.69. The Kier molecular flexibility index (Phi) is 5.44. The predicted molar refractivity (Wildman–Crippen MR) is 95.0 cm³/mol. The molecular formula is C14H19Cl2N3O3S2. The second-order valence-corrected chi connectivity index (χ2v) is 10.3. The molecule has 2 fully saturated rings. The zero-order valence-corrected chi connectivity index (χ0v) is 16.1. The molecule has 1 atom stereocenters. The number of primary amides is 1. The van der Waals surface area contributed by atoms with Crippen molar-refractivity contribution in [1.82, 2.24) is 9.21 Å². The van der Waals surface area contributed by atoms with Gasteiger partial charge in [-0.2, -0.15) is 4.31 Å². The number of halogens is 2. The summed E-state index contributed by atoms with van der Waals surface area (Å²) < 4.78 is 27.4. The van der Waals surface area contributed by atoms with Crippen molar-refractivity contribution in [2.45, 2.75) is 42.7 Å². The van der Waals surface area contributed by atoms with Crippen molar-refractivity contribution < 1.29 is 13.2 Å². The Hall–Kier alpha value is -0.380. The molecule has 1 aromatic heterocycles. The van der Waals surface area contributed by atoms with Gasteiger partial charge in [-0.3, -0.25) is 9.69 Å². The lowest BCUT2D eigenvalue weighted by Crippen LogP contribution is -2.51. The average Bonchev–Trinajstić information content (AvgIpc) is 3.14. The smallest absolute Gasteiger partial charge is 0.245 e. The summed E-state index contributed by atoms with van der Waals surface area (Å²) in [7, 11) is -3.63. The van der Waals surface area contributed by atoms with Gasteiger partial charge in [0.05, 0.1) is 10.4 Å². The lowest BCUT2D eigenvalue weighted by molar-refractivity contribution is -0.123. The molecule has 2 saturated heterocycles. The standard InChI is InChI=1S/C14H19Cl2N3O3S2/c15-12-8-11(13(16)23-12)24(21,22)18-6-3-9(4-7-18)19-5-1-2-10(19)14(17)20/h8-10H,1-7H2,(H2,17,20). The second kappa shape index (κ2) is 7.09. The van der Waals surface area contributed by atoms with Crippen LogP contribution in [0.15, 0.2) is 11.0 Å². The van der Waals surface area contributed by atoms with Gasteiger partial charge in [-0.25, -0.2) is 8.42 Å². The molecule has 3 rings (SSSR count). The maximum atomic E-state index is 12.7. The van der Waals surface area contributed by atoms with E-state index >= 15 is 0 Å². The van der Waals surface area contributed by atoms with Crippen LogP contribution in [-0.4, -0.2) is 55.2 Å². The summed E-state index contributed by atoms with van der Waals surface area (Å²) in [5.41, 5.74) is 5.47. The summed E-state index contributed by atoms with van der Waals surface area (Å²) in [6.07, 6.45) is 3.10. The number of nitrogens with zero attached hydrogens (tertiary/aromatic N) is 2. The third-order valence-corrected chi connectivity index (χ3v) is 8.41. The molecule has 0 radical (unpaired) electrons. The van der Waals surface area contributed by atoms with Crippen LogP contribution in [0.5, 0.6) is 0 Å². The minimum Gasteiger partial charge on any atom is -0.368 e.